The highest BCUT2D eigenvalue weighted by Crippen LogP contribution is 2.33. The van der Waals surface area contributed by atoms with Crippen LogP contribution >= 0.6 is 0 Å². The van der Waals surface area contributed by atoms with Crippen molar-refractivity contribution in [1.82, 2.24) is 9.97 Å². The second-order valence-electron chi connectivity index (χ2n) is 7.61. The first-order valence-electron chi connectivity index (χ1n) is 9.78. The number of anilines is 1. The van der Waals surface area contributed by atoms with Gasteiger partial charge < -0.3 is 5.32 Å². The molecule has 0 radical (unpaired) electrons. The molecule has 1 heterocycles. The molecule has 1 aromatic heterocycles. The molecule has 1 aliphatic carbocycles. The number of aromatic nitrogens is 2. The number of aryl methyl sites for hydroxylation is 2. The summed E-state index contributed by atoms with van der Waals surface area (Å²) < 4.78 is 26.6. The molecule has 152 valence electrons. The minimum absolute atomic E-state index is 0.0902. The number of halogens is 2. The third kappa shape index (κ3) is 4.13. The van der Waals surface area contributed by atoms with Gasteiger partial charge in [0.05, 0.1) is 17.8 Å². The highest BCUT2D eigenvalue weighted by molar-refractivity contribution is 5.93. The second-order valence-corrected chi connectivity index (χ2v) is 7.61. The number of nitrogens with zero attached hydrogens (tertiary/aromatic N) is 2. The maximum absolute atomic E-state index is 13.4. The molecule has 1 aliphatic rings. The first-order chi connectivity index (χ1) is 14.4. The van der Waals surface area contributed by atoms with Crippen molar-refractivity contribution in [2.24, 2.45) is 0 Å². The molecule has 0 saturated heterocycles. The Labute approximate surface area is 173 Å². The van der Waals surface area contributed by atoms with Crippen molar-refractivity contribution < 1.29 is 13.6 Å². The van der Waals surface area contributed by atoms with Crippen LogP contribution in [0.25, 0.3) is 17.3 Å². The molecule has 30 heavy (non-hydrogen) atoms. The zero-order valence-electron chi connectivity index (χ0n) is 16.8. The topological polar surface area (TPSA) is 54.9 Å². The highest BCUT2D eigenvalue weighted by atomic mass is 19.2. The van der Waals surface area contributed by atoms with Crippen LogP contribution in [0.5, 0.6) is 0 Å². The van der Waals surface area contributed by atoms with Gasteiger partial charge in [0.1, 0.15) is 5.69 Å². The summed E-state index contributed by atoms with van der Waals surface area (Å²) in [5, 5.41) is 2.80. The Balaban J connectivity index is 1.66. The van der Waals surface area contributed by atoms with Crippen LogP contribution in [0.4, 0.5) is 14.6 Å². The van der Waals surface area contributed by atoms with Gasteiger partial charge in [0.25, 0.3) is 0 Å². The Kier molecular flexibility index (Phi) is 5.40. The van der Waals surface area contributed by atoms with Crippen molar-refractivity contribution in [2.75, 3.05) is 5.32 Å². The molecular weight excluding hydrogens is 384 g/mol. The summed E-state index contributed by atoms with van der Waals surface area (Å²) in [7, 11) is 0. The van der Waals surface area contributed by atoms with E-state index in [-0.39, 0.29) is 12.3 Å². The average Bonchev–Trinajstić information content (AvgIpc) is 2.71. The molecule has 0 unspecified atom stereocenters. The number of allylic oxidation sites excluding steroid dienone is 1. The predicted octanol–water partition coefficient (Wildman–Crippen LogP) is 5.12. The van der Waals surface area contributed by atoms with E-state index >= 15 is 0 Å². The van der Waals surface area contributed by atoms with Gasteiger partial charge in [-0.2, -0.15) is 0 Å². The maximum atomic E-state index is 13.4. The van der Waals surface area contributed by atoms with Gasteiger partial charge in [-0.3, -0.25) is 4.79 Å². The van der Waals surface area contributed by atoms with Crippen LogP contribution in [0.1, 0.15) is 36.4 Å². The van der Waals surface area contributed by atoms with E-state index < -0.39 is 11.6 Å². The summed E-state index contributed by atoms with van der Waals surface area (Å²) in [5.74, 6) is -1.90. The Morgan fingerprint density at radius 2 is 1.87 bits per heavy atom. The number of nitrogens with one attached hydrogen (secondary N) is 1. The quantitative estimate of drug-likeness (QED) is 0.655. The lowest BCUT2D eigenvalue weighted by Crippen LogP contribution is -2.19. The molecule has 4 nitrogen and oxygen atoms in total. The fraction of sp³-hybridized carbons (Fsp3) is 0.208. The van der Waals surface area contributed by atoms with Gasteiger partial charge in [-0.15, -0.1) is 0 Å². The van der Waals surface area contributed by atoms with Gasteiger partial charge in [-0.05, 0) is 56.0 Å². The molecule has 0 aliphatic heterocycles. The summed E-state index contributed by atoms with van der Waals surface area (Å²) in [6.07, 6.45) is 3.38. The number of fused-ring (bicyclic) bond motifs is 3. The van der Waals surface area contributed by atoms with Gasteiger partial charge in [-0.25, -0.2) is 18.7 Å². The number of hydrogen-bond donors (Lipinski definition) is 1. The summed E-state index contributed by atoms with van der Waals surface area (Å²) in [5.41, 5.74) is 5.95. The number of carbonyl (C=O) groups is 1. The first kappa shape index (κ1) is 19.9. The fourth-order valence-electron chi connectivity index (χ4n) is 3.57. The van der Waals surface area contributed by atoms with Crippen molar-refractivity contribution in [3.8, 4) is 11.3 Å². The minimum Gasteiger partial charge on any atom is -0.309 e. The lowest BCUT2D eigenvalue weighted by molar-refractivity contribution is -0.115. The molecule has 6 heteroatoms. The maximum Gasteiger partial charge on any atom is 0.230 e. The predicted molar refractivity (Wildman–Crippen MR) is 113 cm³/mol. The molecule has 1 amide bonds. The van der Waals surface area contributed by atoms with Crippen LogP contribution in [0.2, 0.25) is 0 Å². The van der Waals surface area contributed by atoms with Crippen LogP contribution < -0.4 is 5.32 Å². The van der Waals surface area contributed by atoms with E-state index in [2.05, 4.69) is 11.4 Å². The van der Waals surface area contributed by atoms with Crippen molar-refractivity contribution in [2.45, 2.75) is 33.1 Å². The molecular formula is C24H21F2N3O. The normalized spacial score (nSPS) is 12.0. The Morgan fingerprint density at radius 3 is 2.63 bits per heavy atom. The van der Waals surface area contributed by atoms with Crippen molar-refractivity contribution in [3.05, 3.63) is 82.2 Å². The number of rotatable bonds is 4. The zero-order valence-corrected chi connectivity index (χ0v) is 16.8. The molecule has 2 aromatic carbocycles. The molecule has 0 bridgehead atoms. The van der Waals surface area contributed by atoms with E-state index in [4.69, 9.17) is 9.97 Å². The average molecular weight is 405 g/mol. The smallest absolute Gasteiger partial charge is 0.230 e. The van der Waals surface area contributed by atoms with Crippen LogP contribution in [0.15, 0.2) is 48.0 Å². The zero-order chi connectivity index (χ0) is 21.3. The van der Waals surface area contributed by atoms with E-state index in [0.29, 0.717) is 17.1 Å². The second kappa shape index (κ2) is 8.14. The summed E-state index contributed by atoms with van der Waals surface area (Å²) in [6.45, 7) is 3.89. The fourth-order valence-corrected chi connectivity index (χ4v) is 3.57. The van der Waals surface area contributed by atoms with Gasteiger partial charge >= 0.3 is 0 Å². The first-order valence-corrected chi connectivity index (χ1v) is 9.78. The van der Waals surface area contributed by atoms with Crippen LogP contribution in [0.3, 0.4) is 0 Å². The van der Waals surface area contributed by atoms with Crippen LogP contribution in [-0.4, -0.2) is 15.9 Å². The summed E-state index contributed by atoms with van der Waals surface area (Å²) in [4.78, 5) is 22.1. The number of carbonyl (C=O) groups excluding carboxylic acids is 1. The van der Waals surface area contributed by atoms with Crippen LogP contribution in [0, 0.1) is 11.6 Å². The van der Waals surface area contributed by atoms with E-state index in [0.717, 1.165) is 47.5 Å². The molecule has 0 spiro atoms. The summed E-state index contributed by atoms with van der Waals surface area (Å²) >= 11 is 0. The third-order valence-corrected chi connectivity index (χ3v) is 4.93. The van der Waals surface area contributed by atoms with E-state index in [1.54, 1.807) is 0 Å². The molecule has 0 atom stereocenters. The van der Waals surface area contributed by atoms with E-state index in [1.165, 1.54) is 11.6 Å². The molecule has 0 fully saturated rings. The van der Waals surface area contributed by atoms with E-state index in [9.17, 15) is 13.6 Å². The third-order valence-electron chi connectivity index (χ3n) is 4.93. The van der Waals surface area contributed by atoms with Gasteiger partial charge in [-0.1, -0.05) is 35.9 Å². The Morgan fingerprint density at radius 1 is 1.07 bits per heavy atom. The largest absolute Gasteiger partial charge is 0.309 e. The van der Waals surface area contributed by atoms with Crippen LogP contribution in [-0.2, 0) is 24.1 Å². The van der Waals surface area contributed by atoms with Crippen molar-refractivity contribution in [3.63, 3.8) is 0 Å². The highest BCUT2D eigenvalue weighted by Gasteiger charge is 2.21. The molecule has 1 N–H and O–H groups in total. The minimum atomic E-state index is -0.974. The monoisotopic (exact) mass is 405 g/mol. The standard InChI is InChI=1S/C24H21F2N3O/c1-14(2)11-21-24(29-22(30)13-15-7-9-18(25)19(26)12-15)28-20-10-8-16-5-3-4-6-17(16)23(20)27-21/h3-7,9,11-12H,8,10,13H2,1-2H3,(H,28,29,30). The Bertz CT molecular complexity index is 1170. The molecule has 3 aromatic rings. The lowest BCUT2D eigenvalue weighted by Gasteiger charge is -2.20. The van der Waals surface area contributed by atoms with Crippen molar-refractivity contribution >= 4 is 17.8 Å². The SMILES string of the molecule is CC(C)=Cc1nc2c(nc1NC(=O)Cc1ccc(F)c(F)c1)CCc1ccccc1-2. The number of amides is 1. The van der Waals surface area contributed by atoms with Gasteiger partial charge in [0, 0.05) is 5.56 Å². The summed E-state index contributed by atoms with van der Waals surface area (Å²) in [6, 6.07) is 11.6. The van der Waals surface area contributed by atoms with Crippen molar-refractivity contribution in [1.29, 1.82) is 0 Å². The van der Waals surface area contributed by atoms with Gasteiger partial charge in [0.15, 0.2) is 17.5 Å². The number of hydrogen-bond acceptors (Lipinski definition) is 3. The Hall–Kier alpha value is -3.41. The number of benzene rings is 2. The molecule has 0 saturated carbocycles. The van der Waals surface area contributed by atoms with Gasteiger partial charge in [0.2, 0.25) is 5.91 Å². The lowest BCUT2D eigenvalue weighted by atomic mass is 9.92. The molecule has 4 rings (SSSR count). The van der Waals surface area contributed by atoms with E-state index in [1.807, 2.05) is 38.1 Å².